The van der Waals surface area contributed by atoms with Gasteiger partial charge in [-0.1, -0.05) is 31.5 Å². The average Bonchev–Trinajstić information content (AvgIpc) is 2.40. The highest BCUT2D eigenvalue weighted by atomic mass is 35.5. The summed E-state index contributed by atoms with van der Waals surface area (Å²) in [4.78, 5) is 4.49. The Labute approximate surface area is 113 Å². The van der Waals surface area contributed by atoms with Crippen LogP contribution in [-0.4, -0.2) is 4.98 Å². The number of nitrogens with zero attached hydrogens (tertiary/aromatic N) is 1. The minimum absolute atomic E-state index is 0.477. The van der Waals surface area contributed by atoms with Crippen LogP contribution < -0.4 is 4.74 Å². The van der Waals surface area contributed by atoms with Crippen LogP contribution in [0.25, 0.3) is 0 Å². The molecule has 0 bridgehead atoms. The molecule has 1 aromatic heterocycles. The minimum atomic E-state index is 0.477. The molecule has 94 valence electrons. The van der Waals surface area contributed by atoms with Crippen molar-refractivity contribution in [3.8, 4) is 11.6 Å². The second-order valence-electron chi connectivity index (χ2n) is 4.10. The number of aryl methyl sites for hydroxylation is 1. The first-order chi connectivity index (χ1) is 8.81. The van der Waals surface area contributed by atoms with Crippen LogP contribution in [0.2, 0.25) is 0 Å². The fourth-order valence-electron chi connectivity index (χ4n) is 1.74. The SMILES string of the molecule is CCCc1cc(CCl)cc(Oc2ccccc2)n1. The summed E-state index contributed by atoms with van der Waals surface area (Å²) in [6.07, 6.45) is 2.00. The highest BCUT2D eigenvalue weighted by Gasteiger charge is 2.04. The molecule has 0 unspecified atom stereocenters. The predicted molar refractivity (Wildman–Crippen MR) is 74.3 cm³/mol. The van der Waals surface area contributed by atoms with Gasteiger partial charge in [0, 0.05) is 17.6 Å². The molecule has 1 aromatic carbocycles. The standard InChI is InChI=1S/C15H16ClNO/c1-2-6-13-9-12(11-16)10-15(17-13)18-14-7-4-3-5-8-14/h3-5,7-10H,2,6,11H2,1H3. The van der Waals surface area contributed by atoms with Gasteiger partial charge in [-0.2, -0.15) is 0 Å². The number of aromatic nitrogens is 1. The lowest BCUT2D eigenvalue weighted by Gasteiger charge is -2.08. The Morgan fingerprint density at radius 2 is 1.94 bits per heavy atom. The molecule has 2 aromatic rings. The zero-order chi connectivity index (χ0) is 12.8. The maximum Gasteiger partial charge on any atom is 0.219 e. The molecule has 0 fully saturated rings. The molecule has 0 aliphatic heterocycles. The van der Waals surface area contributed by atoms with E-state index in [1.807, 2.05) is 42.5 Å². The number of rotatable bonds is 5. The van der Waals surface area contributed by atoms with Crippen molar-refractivity contribution in [2.24, 2.45) is 0 Å². The van der Waals surface area contributed by atoms with E-state index in [2.05, 4.69) is 11.9 Å². The van der Waals surface area contributed by atoms with Crippen molar-refractivity contribution in [2.45, 2.75) is 25.6 Å². The number of hydrogen-bond donors (Lipinski definition) is 0. The molecule has 1 heterocycles. The molecule has 0 atom stereocenters. The molecule has 2 rings (SSSR count). The predicted octanol–water partition coefficient (Wildman–Crippen LogP) is 4.57. The molecule has 2 nitrogen and oxygen atoms in total. The summed E-state index contributed by atoms with van der Waals surface area (Å²) in [6.45, 7) is 2.13. The molecule has 0 aliphatic rings. The van der Waals surface area contributed by atoms with Crippen LogP contribution in [-0.2, 0) is 12.3 Å². The van der Waals surface area contributed by atoms with Gasteiger partial charge < -0.3 is 4.74 Å². The van der Waals surface area contributed by atoms with Gasteiger partial charge in [-0.3, -0.25) is 0 Å². The van der Waals surface area contributed by atoms with Crippen LogP contribution in [0, 0.1) is 0 Å². The summed E-state index contributed by atoms with van der Waals surface area (Å²) in [5.41, 5.74) is 2.07. The molecule has 3 heteroatoms. The maximum absolute atomic E-state index is 5.89. The first-order valence-corrected chi connectivity index (χ1v) is 6.64. The van der Waals surface area contributed by atoms with Gasteiger partial charge >= 0.3 is 0 Å². The van der Waals surface area contributed by atoms with Crippen molar-refractivity contribution in [3.05, 3.63) is 53.7 Å². The average molecular weight is 262 g/mol. The van der Waals surface area contributed by atoms with Crippen molar-refractivity contribution < 1.29 is 4.74 Å². The lowest BCUT2D eigenvalue weighted by Crippen LogP contribution is -1.96. The van der Waals surface area contributed by atoms with Crippen molar-refractivity contribution in [1.29, 1.82) is 0 Å². The lowest BCUT2D eigenvalue weighted by molar-refractivity contribution is 0.460. The van der Waals surface area contributed by atoms with E-state index in [0.29, 0.717) is 11.8 Å². The minimum Gasteiger partial charge on any atom is -0.439 e. The van der Waals surface area contributed by atoms with Gasteiger partial charge in [0.15, 0.2) is 0 Å². The monoisotopic (exact) mass is 261 g/mol. The van der Waals surface area contributed by atoms with Crippen LogP contribution in [0.1, 0.15) is 24.6 Å². The molecule has 0 aliphatic carbocycles. The van der Waals surface area contributed by atoms with Crippen LogP contribution in [0.4, 0.5) is 0 Å². The number of pyridine rings is 1. The van der Waals surface area contributed by atoms with Gasteiger partial charge in [0.2, 0.25) is 5.88 Å². The zero-order valence-electron chi connectivity index (χ0n) is 10.4. The van der Waals surface area contributed by atoms with E-state index in [1.54, 1.807) is 0 Å². The fourth-order valence-corrected chi connectivity index (χ4v) is 1.90. The Bertz CT molecular complexity index is 499. The van der Waals surface area contributed by atoms with Crippen molar-refractivity contribution in [3.63, 3.8) is 0 Å². The lowest BCUT2D eigenvalue weighted by atomic mass is 10.2. The van der Waals surface area contributed by atoms with Gasteiger partial charge in [0.25, 0.3) is 0 Å². The van der Waals surface area contributed by atoms with Gasteiger partial charge in [-0.05, 0) is 30.2 Å². The third kappa shape index (κ3) is 3.47. The largest absolute Gasteiger partial charge is 0.439 e. The highest BCUT2D eigenvalue weighted by molar-refractivity contribution is 6.17. The van der Waals surface area contributed by atoms with Gasteiger partial charge in [0.05, 0.1) is 0 Å². The highest BCUT2D eigenvalue weighted by Crippen LogP contribution is 2.22. The Balaban J connectivity index is 2.24. The Morgan fingerprint density at radius 1 is 1.17 bits per heavy atom. The third-order valence-electron chi connectivity index (χ3n) is 2.54. The van der Waals surface area contributed by atoms with E-state index in [9.17, 15) is 0 Å². The number of hydrogen-bond acceptors (Lipinski definition) is 2. The molecule has 18 heavy (non-hydrogen) atoms. The normalized spacial score (nSPS) is 10.3. The summed E-state index contributed by atoms with van der Waals surface area (Å²) < 4.78 is 5.74. The quantitative estimate of drug-likeness (QED) is 0.736. The number of halogens is 1. The molecular formula is C15H16ClNO. The second-order valence-corrected chi connectivity index (χ2v) is 4.37. The van der Waals surface area contributed by atoms with E-state index in [0.717, 1.165) is 29.8 Å². The molecule has 0 radical (unpaired) electrons. The summed E-state index contributed by atoms with van der Waals surface area (Å²) in [7, 11) is 0. The van der Waals surface area contributed by atoms with E-state index >= 15 is 0 Å². The van der Waals surface area contributed by atoms with Crippen molar-refractivity contribution in [2.75, 3.05) is 0 Å². The Hall–Kier alpha value is -1.54. The maximum atomic E-state index is 5.89. The summed E-state index contributed by atoms with van der Waals surface area (Å²) in [5.74, 6) is 1.88. The molecule has 0 saturated heterocycles. The van der Waals surface area contributed by atoms with Crippen LogP contribution in [0.5, 0.6) is 11.6 Å². The number of alkyl halides is 1. The number of benzene rings is 1. The van der Waals surface area contributed by atoms with E-state index in [1.165, 1.54) is 0 Å². The van der Waals surface area contributed by atoms with Crippen LogP contribution >= 0.6 is 11.6 Å². The van der Waals surface area contributed by atoms with E-state index in [-0.39, 0.29) is 0 Å². The van der Waals surface area contributed by atoms with E-state index < -0.39 is 0 Å². The van der Waals surface area contributed by atoms with Gasteiger partial charge in [-0.15, -0.1) is 11.6 Å². The topological polar surface area (TPSA) is 22.1 Å². The first kappa shape index (κ1) is 12.9. The third-order valence-corrected chi connectivity index (χ3v) is 2.85. The summed E-state index contributed by atoms with van der Waals surface area (Å²) in [5, 5.41) is 0. The molecule has 0 N–H and O–H groups in total. The summed E-state index contributed by atoms with van der Waals surface area (Å²) >= 11 is 5.89. The number of para-hydroxylation sites is 1. The molecular weight excluding hydrogens is 246 g/mol. The zero-order valence-corrected chi connectivity index (χ0v) is 11.2. The fraction of sp³-hybridized carbons (Fsp3) is 0.267. The number of ether oxygens (including phenoxy) is 1. The van der Waals surface area contributed by atoms with Gasteiger partial charge in [-0.25, -0.2) is 4.98 Å². The Morgan fingerprint density at radius 3 is 2.61 bits per heavy atom. The molecule has 0 spiro atoms. The van der Waals surface area contributed by atoms with Crippen LogP contribution in [0.15, 0.2) is 42.5 Å². The molecule has 0 amide bonds. The van der Waals surface area contributed by atoms with Crippen molar-refractivity contribution in [1.82, 2.24) is 4.98 Å². The van der Waals surface area contributed by atoms with E-state index in [4.69, 9.17) is 16.3 Å². The Kier molecular flexibility index (Phi) is 4.59. The second kappa shape index (κ2) is 6.41. The summed E-state index contributed by atoms with van der Waals surface area (Å²) in [6, 6.07) is 13.6. The molecule has 0 saturated carbocycles. The smallest absolute Gasteiger partial charge is 0.219 e. The van der Waals surface area contributed by atoms with Gasteiger partial charge in [0.1, 0.15) is 5.75 Å². The first-order valence-electron chi connectivity index (χ1n) is 6.10. The van der Waals surface area contributed by atoms with Crippen molar-refractivity contribution >= 4 is 11.6 Å². The van der Waals surface area contributed by atoms with Crippen LogP contribution in [0.3, 0.4) is 0 Å².